The van der Waals surface area contributed by atoms with Crippen molar-refractivity contribution in [2.24, 2.45) is 5.73 Å². The van der Waals surface area contributed by atoms with E-state index in [1.165, 1.54) is 24.0 Å². The molecule has 0 spiro atoms. The largest absolute Gasteiger partial charge is 0.353 e. The maximum Gasteiger partial charge on any atom is 0.239 e. The molecule has 1 aliphatic rings. The van der Waals surface area contributed by atoms with Crippen LogP contribution in [0.4, 0.5) is 0 Å². The van der Waals surface area contributed by atoms with Crippen molar-refractivity contribution in [3.8, 4) is 0 Å². The van der Waals surface area contributed by atoms with E-state index in [0.29, 0.717) is 13.0 Å². The molecule has 1 amide bonds. The number of rotatable bonds is 7. The second kappa shape index (κ2) is 7.93. The highest BCUT2D eigenvalue weighted by molar-refractivity contribution is 5.85. The lowest BCUT2D eigenvalue weighted by Gasteiger charge is -2.30. The normalized spacial score (nSPS) is 19.3. The molecule has 1 aliphatic heterocycles. The van der Waals surface area contributed by atoms with Gasteiger partial charge in [-0.15, -0.1) is 0 Å². The minimum absolute atomic E-state index is 0.0457. The number of carbonyl (C=O) groups is 1. The lowest BCUT2D eigenvalue weighted by molar-refractivity contribution is -0.126. The fourth-order valence-electron chi connectivity index (χ4n) is 3.32. The Morgan fingerprint density at radius 2 is 1.91 bits per heavy atom. The van der Waals surface area contributed by atoms with E-state index in [9.17, 15) is 4.79 Å². The molecule has 2 atom stereocenters. The Morgan fingerprint density at radius 1 is 1.30 bits per heavy atom. The van der Waals surface area contributed by atoms with Crippen molar-refractivity contribution < 1.29 is 4.79 Å². The van der Waals surface area contributed by atoms with Gasteiger partial charge in [-0.1, -0.05) is 43.2 Å². The van der Waals surface area contributed by atoms with Crippen molar-refractivity contribution in [2.75, 3.05) is 19.6 Å². The molecule has 2 rings (SSSR count). The summed E-state index contributed by atoms with van der Waals surface area (Å²) < 4.78 is 0. The summed E-state index contributed by atoms with van der Waals surface area (Å²) in [6.07, 6.45) is 4.09. The van der Waals surface area contributed by atoms with Crippen LogP contribution in [0.5, 0.6) is 0 Å². The summed E-state index contributed by atoms with van der Waals surface area (Å²) >= 11 is 0. The van der Waals surface area contributed by atoms with Crippen molar-refractivity contribution in [3.05, 3.63) is 35.4 Å². The number of aryl methyl sites for hydroxylation is 1. The van der Waals surface area contributed by atoms with Crippen molar-refractivity contribution in [1.29, 1.82) is 0 Å². The van der Waals surface area contributed by atoms with Crippen LogP contribution in [0.1, 0.15) is 56.7 Å². The molecule has 1 heterocycles. The summed E-state index contributed by atoms with van der Waals surface area (Å²) in [5.74, 6) is -0.0457. The van der Waals surface area contributed by atoms with Crippen LogP contribution < -0.4 is 11.1 Å². The Balaban J connectivity index is 2.06. The molecule has 0 aliphatic carbocycles. The van der Waals surface area contributed by atoms with Gasteiger partial charge in [0.1, 0.15) is 0 Å². The van der Waals surface area contributed by atoms with Gasteiger partial charge in [-0.3, -0.25) is 9.69 Å². The van der Waals surface area contributed by atoms with Crippen LogP contribution in [0, 0.1) is 6.92 Å². The first kappa shape index (κ1) is 18.0. The van der Waals surface area contributed by atoms with E-state index in [2.05, 4.69) is 48.3 Å². The van der Waals surface area contributed by atoms with E-state index in [0.717, 1.165) is 19.5 Å². The minimum Gasteiger partial charge on any atom is -0.353 e. The average Bonchev–Trinajstić information content (AvgIpc) is 3.03. The van der Waals surface area contributed by atoms with Crippen molar-refractivity contribution in [1.82, 2.24) is 10.2 Å². The zero-order chi connectivity index (χ0) is 16.9. The van der Waals surface area contributed by atoms with Gasteiger partial charge in [0.15, 0.2) is 0 Å². The van der Waals surface area contributed by atoms with Gasteiger partial charge in [0.25, 0.3) is 0 Å². The molecule has 1 aromatic rings. The molecule has 0 aromatic heterocycles. The lowest BCUT2D eigenvalue weighted by Crippen LogP contribution is -2.53. The molecule has 1 aromatic carbocycles. The van der Waals surface area contributed by atoms with Crippen LogP contribution in [-0.2, 0) is 4.79 Å². The Morgan fingerprint density at radius 3 is 2.48 bits per heavy atom. The second-order valence-electron chi connectivity index (χ2n) is 7.05. The number of hydrogen-bond donors (Lipinski definition) is 2. The van der Waals surface area contributed by atoms with E-state index in [-0.39, 0.29) is 11.9 Å². The molecule has 2 unspecified atom stereocenters. The second-order valence-corrected chi connectivity index (χ2v) is 7.05. The Hall–Kier alpha value is -1.39. The van der Waals surface area contributed by atoms with E-state index in [4.69, 9.17) is 5.73 Å². The van der Waals surface area contributed by atoms with Gasteiger partial charge in [0.2, 0.25) is 5.91 Å². The van der Waals surface area contributed by atoms with Gasteiger partial charge in [0.05, 0.1) is 11.6 Å². The molecule has 0 saturated carbocycles. The van der Waals surface area contributed by atoms with Gasteiger partial charge in [-0.05, 0) is 51.8 Å². The number of nitrogens with two attached hydrogens (primary N) is 1. The molecule has 4 heteroatoms. The van der Waals surface area contributed by atoms with Crippen LogP contribution in [0.25, 0.3) is 0 Å². The van der Waals surface area contributed by atoms with Crippen LogP contribution in [-0.4, -0.2) is 36.0 Å². The zero-order valence-electron chi connectivity index (χ0n) is 14.8. The Labute approximate surface area is 140 Å². The summed E-state index contributed by atoms with van der Waals surface area (Å²) in [6, 6.07) is 8.88. The average molecular weight is 317 g/mol. The molecule has 0 radical (unpaired) electrons. The summed E-state index contributed by atoms with van der Waals surface area (Å²) in [6.45, 7) is 8.80. The predicted octanol–water partition coefficient (Wildman–Crippen LogP) is 2.77. The molecule has 1 saturated heterocycles. The number of benzene rings is 1. The summed E-state index contributed by atoms with van der Waals surface area (Å²) in [5, 5.41) is 3.09. The van der Waals surface area contributed by atoms with Crippen LogP contribution in [0.2, 0.25) is 0 Å². The summed E-state index contributed by atoms with van der Waals surface area (Å²) in [7, 11) is 0. The third kappa shape index (κ3) is 4.79. The first-order valence-corrected chi connectivity index (χ1v) is 8.82. The number of nitrogens with zero attached hydrogens (tertiary/aromatic N) is 1. The molecule has 4 nitrogen and oxygen atoms in total. The fraction of sp³-hybridized carbons (Fsp3) is 0.632. The summed E-state index contributed by atoms with van der Waals surface area (Å²) in [5.41, 5.74) is 7.89. The SMILES string of the molecule is CCCC(C)(N)C(=O)NCC(c1ccc(C)cc1)N1CCCC1. The lowest BCUT2D eigenvalue weighted by atomic mass is 9.96. The molecule has 1 fully saturated rings. The highest BCUT2D eigenvalue weighted by Gasteiger charge is 2.29. The molecular weight excluding hydrogens is 286 g/mol. The molecule has 128 valence electrons. The van der Waals surface area contributed by atoms with Gasteiger partial charge >= 0.3 is 0 Å². The number of nitrogens with one attached hydrogen (secondary N) is 1. The van der Waals surface area contributed by atoms with Crippen molar-refractivity contribution >= 4 is 5.91 Å². The molecular formula is C19H31N3O. The first-order chi connectivity index (χ1) is 10.9. The van der Waals surface area contributed by atoms with Crippen molar-refractivity contribution in [2.45, 2.75) is 58.0 Å². The first-order valence-electron chi connectivity index (χ1n) is 8.82. The fourth-order valence-corrected chi connectivity index (χ4v) is 3.32. The minimum atomic E-state index is -0.780. The molecule has 3 N–H and O–H groups in total. The maximum absolute atomic E-state index is 12.4. The maximum atomic E-state index is 12.4. The zero-order valence-corrected chi connectivity index (χ0v) is 14.8. The third-order valence-corrected chi connectivity index (χ3v) is 4.79. The van der Waals surface area contributed by atoms with E-state index in [1.807, 2.05) is 6.92 Å². The van der Waals surface area contributed by atoms with E-state index < -0.39 is 5.54 Å². The van der Waals surface area contributed by atoms with E-state index >= 15 is 0 Å². The van der Waals surface area contributed by atoms with E-state index in [1.54, 1.807) is 0 Å². The van der Waals surface area contributed by atoms with Gasteiger partial charge in [0, 0.05) is 6.54 Å². The molecule has 0 bridgehead atoms. The molecule has 23 heavy (non-hydrogen) atoms. The number of hydrogen-bond acceptors (Lipinski definition) is 3. The van der Waals surface area contributed by atoms with Gasteiger partial charge in [-0.2, -0.15) is 0 Å². The number of amides is 1. The summed E-state index contributed by atoms with van der Waals surface area (Å²) in [4.78, 5) is 14.9. The number of carbonyl (C=O) groups excluding carboxylic acids is 1. The van der Waals surface area contributed by atoms with Crippen LogP contribution >= 0.6 is 0 Å². The van der Waals surface area contributed by atoms with Gasteiger partial charge < -0.3 is 11.1 Å². The van der Waals surface area contributed by atoms with Crippen molar-refractivity contribution in [3.63, 3.8) is 0 Å². The highest BCUT2D eigenvalue weighted by atomic mass is 16.2. The predicted molar refractivity (Wildman–Crippen MR) is 95.2 cm³/mol. The Kier molecular flexibility index (Phi) is 6.19. The van der Waals surface area contributed by atoms with Gasteiger partial charge in [-0.25, -0.2) is 0 Å². The monoisotopic (exact) mass is 317 g/mol. The smallest absolute Gasteiger partial charge is 0.239 e. The quantitative estimate of drug-likeness (QED) is 0.813. The highest BCUT2D eigenvalue weighted by Crippen LogP contribution is 2.25. The van der Waals surface area contributed by atoms with Crippen LogP contribution in [0.15, 0.2) is 24.3 Å². The number of likely N-dealkylation sites (tertiary alicyclic amines) is 1. The standard InChI is InChI=1S/C19H31N3O/c1-4-11-19(3,20)18(23)21-14-17(22-12-5-6-13-22)16-9-7-15(2)8-10-16/h7-10,17H,4-6,11-14,20H2,1-3H3,(H,21,23). The third-order valence-electron chi connectivity index (χ3n) is 4.79. The Bertz CT molecular complexity index is 504. The van der Waals surface area contributed by atoms with Crippen LogP contribution in [0.3, 0.4) is 0 Å². The topological polar surface area (TPSA) is 58.4 Å².